The van der Waals surface area contributed by atoms with Crippen LogP contribution in [0, 0.1) is 0 Å². The highest BCUT2D eigenvalue weighted by Crippen LogP contribution is 2.43. The number of hydrogen-bond acceptors (Lipinski definition) is 6. The normalized spacial score (nSPS) is 16.8. The number of phenolic OH excluding ortho intramolecular Hbond substituents is 1. The van der Waals surface area contributed by atoms with Crippen molar-refractivity contribution in [2.75, 3.05) is 24.3 Å². The molecule has 0 saturated heterocycles. The van der Waals surface area contributed by atoms with Gasteiger partial charge >= 0.3 is 0 Å². The molecule has 1 aromatic carbocycles. The van der Waals surface area contributed by atoms with Crippen LogP contribution in [0.25, 0.3) is 0 Å². The van der Waals surface area contributed by atoms with Crippen molar-refractivity contribution < 1.29 is 14.6 Å². The Morgan fingerprint density at radius 2 is 2.36 bits per heavy atom. The summed E-state index contributed by atoms with van der Waals surface area (Å²) < 4.78 is 5.16. The van der Waals surface area contributed by atoms with E-state index in [0.717, 1.165) is 22.1 Å². The van der Waals surface area contributed by atoms with E-state index >= 15 is 0 Å². The van der Waals surface area contributed by atoms with Crippen LogP contribution < -0.4 is 15.4 Å². The van der Waals surface area contributed by atoms with Crippen molar-refractivity contribution in [3.8, 4) is 11.5 Å². The van der Waals surface area contributed by atoms with E-state index in [1.54, 1.807) is 23.5 Å². The van der Waals surface area contributed by atoms with E-state index in [9.17, 15) is 9.90 Å². The monoisotopic (exact) mass is 319 g/mol. The molecule has 0 saturated carbocycles. The predicted octanol–water partition coefficient (Wildman–Crippen LogP) is 2.76. The summed E-state index contributed by atoms with van der Waals surface area (Å²) in [5.74, 6) is 0.973. The van der Waals surface area contributed by atoms with Crippen LogP contribution in [-0.2, 0) is 4.79 Å². The number of anilines is 2. The topological polar surface area (TPSA) is 83.5 Å². The number of nitrogens with one attached hydrogen (secondary N) is 2. The van der Waals surface area contributed by atoms with Crippen LogP contribution in [0.4, 0.5) is 10.9 Å². The molecule has 1 aliphatic heterocycles. The molecule has 0 fully saturated rings. The number of methoxy groups -OCH3 is 1. The average molecular weight is 319 g/mol. The number of benzene rings is 1. The summed E-state index contributed by atoms with van der Waals surface area (Å²) in [6, 6.07) is 5.18. The lowest BCUT2D eigenvalue weighted by atomic mass is 9.91. The van der Waals surface area contributed by atoms with Crippen molar-refractivity contribution >= 4 is 28.2 Å². The zero-order valence-corrected chi connectivity index (χ0v) is 13.2. The standard InChI is InChI=1S/C15H17N3O3S/c1-3-16-15-18-14-13(22-15)9(7-12(20)17-14)8-4-5-10(19)11(6-8)21-2/h4-6,9,19H,3,7H2,1-2H3,(H,16,18)(H,17,20)/t9-/m1/s1. The molecule has 7 heteroatoms. The summed E-state index contributed by atoms with van der Waals surface area (Å²) >= 11 is 1.54. The van der Waals surface area contributed by atoms with Gasteiger partial charge < -0.3 is 20.5 Å². The minimum absolute atomic E-state index is 0.0575. The summed E-state index contributed by atoms with van der Waals surface area (Å²) in [7, 11) is 1.51. The van der Waals surface area contributed by atoms with Gasteiger partial charge in [0.25, 0.3) is 0 Å². The zero-order valence-electron chi connectivity index (χ0n) is 12.3. The van der Waals surface area contributed by atoms with Crippen LogP contribution in [0.3, 0.4) is 0 Å². The van der Waals surface area contributed by atoms with Crippen molar-refractivity contribution in [1.82, 2.24) is 4.98 Å². The summed E-state index contributed by atoms with van der Waals surface area (Å²) in [5.41, 5.74) is 0.928. The molecule has 0 bridgehead atoms. The molecular weight excluding hydrogens is 302 g/mol. The Labute approximate surface area is 132 Å². The number of thiazole rings is 1. The summed E-state index contributed by atoms with van der Waals surface area (Å²) in [5, 5.41) is 16.5. The Balaban J connectivity index is 2.02. The van der Waals surface area contributed by atoms with Gasteiger partial charge in [0.1, 0.15) is 5.82 Å². The third-order valence-electron chi connectivity index (χ3n) is 3.55. The molecule has 1 aliphatic rings. The molecule has 6 nitrogen and oxygen atoms in total. The molecular formula is C15H17N3O3S. The molecule has 22 heavy (non-hydrogen) atoms. The molecule has 3 N–H and O–H groups in total. The summed E-state index contributed by atoms with van der Waals surface area (Å²) in [6.07, 6.45) is 0.356. The van der Waals surface area contributed by atoms with Gasteiger partial charge in [-0.15, -0.1) is 0 Å². The second kappa shape index (κ2) is 5.84. The minimum Gasteiger partial charge on any atom is -0.504 e. The fraction of sp³-hybridized carbons (Fsp3) is 0.333. The van der Waals surface area contributed by atoms with Crippen LogP contribution in [0.5, 0.6) is 11.5 Å². The summed E-state index contributed by atoms with van der Waals surface area (Å²) in [6.45, 7) is 2.78. The molecule has 2 heterocycles. The summed E-state index contributed by atoms with van der Waals surface area (Å²) in [4.78, 5) is 17.4. The minimum atomic E-state index is -0.0804. The third-order valence-corrected chi connectivity index (χ3v) is 4.68. The van der Waals surface area contributed by atoms with Crippen molar-refractivity contribution in [2.45, 2.75) is 19.3 Å². The Hall–Kier alpha value is -2.28. The number of fused-ring (bicyclic) bond motifs is 1. The first-order valence-corrected chi connectivity index (χ1v) is 7.85. The highest BCUT2D eigenvalue weighted by Gasteiger charge is 2.30. The first kappa shape index (κ1) is 14.6. The van der Waals surface area contributed by atoms with E-state index in [2.05, 4.69) is 15.6 Å². The first-order chi connectivity index (χ1) is 10.6. The molecule has 0 unspecified atom stereocenters. The van der Waals surface area contributed by atoms with Gasteiger partial charge in [0.2, 0.25) is 5.91 Å². The van der Waals surface area contributed by atoms with Gasteiger partial charge in [0.05, 0.1) is 12.0 Å². The lowest BCUT2D eigenvalue weighted by molar-refractivity contribution is -0.116. The van der Waals surface area contributed by atoms with E-state index in [-0.39, 0.29) is 17.6 Å². The lowest BCUT2D eigenvalue weighted by Gasteiger charge is -2.22. The Morgan fingerprint density at radius 1 is 1.55 bits per heavy atom. The van der Waals surface area contributed by atoms with E-state index < -0.39 is 0 Å². The predicted molar refractivity (Wildman–Crippen MR) is 86.0 cm³/mol. The molecule has 2 aromatic rings. The van der Waals surface area contributed by atoms with E-state index in [0.29, 0.717) is 18.0 Å². The molecule has 116 valence electrons. The number of carbonyl (C=O) groups is 1. The van der Waals surface area contributed by atoms with Crippen LogP contribution >= 0.6 is 11.3 Å². The largest absolute Gasteiger partial charge is 0.504 e. The van der Waals surface area contributed by atoms with E-state index in [1.807, 2.05) is 13.0 Å². The van der Waals surface area contributed by atoms with Crippen LogP contribution in [-0.4, -0.2) is 29.7 Å². The molecule has 1 amide bonds. The van der Waals surface area contributed by atoms with Gasteiger partial charge in [-0.25, -0.2) is 4.98 Å². The van der Waals surface area contributed by atoms with Crippen molar-refractivity contribution in [3.63, 3.8) is 0 Å². The number of hydrogen-bond donors (Lipinski definition) is 3. The fourth-order valence-electron chi connectivity index (χ4n) is 2.53. The smallest absolute Gasteiger partial charge is 0.226 e. The van der Waals surface area contributed by atoms with Gasteiger partial charge in [0, 0.05) is 18.9 Å². The highest BCUT2D eigenvalue weighted by molar-refractivity contribution is 7.16. The SMILES string of the molecule is CCNc1nc2c(s1)[C@@H](c1ccc(O)c(OC)c1)CC(=O)N2. The molecule has 1 aromatic heterocycles. The molecule has 0 radical (unpaired) electrons. The number of aromatic nitrogens is 1. The first-order valence-electron chi connectivity index (χ1n) is 7.03. The number of phenols is 1. The number of aromatic hydroxyl groups is 1. The number of amides is 1. The van der Waals surface area contributed by atoms with Crippen LogP contribution in [0.15, 0.2) is 18.2 Å². The molecule has 0 spiro atoms. The fourth-order valence-corrected chi connectivity index (χ4v) is 3.64. The average Bonchev–Trinajstić information content (AvgIpc) is 2.89. The van der Waals surface area contributed by atoms with Crippen molar-refractivity contribution in [3.05, 3.63) is 28.6 Å². The Morgan fingerprint density at radius 3 is 3.09 bits per heavy atom. The highest BCUT2D eigenvalue weighted by atomic mass is 32.1. The second-order valence-electron chi connectivity index (χ2n) is 5.00. The van der Waals surface area contributed by atoms with Gasteiger partial charge in [0.15, 0.2) is 16.6 Å². The maximum Gasteiger partial charge on any atom is 0.226 e. The Kier molecular flexibility index (Phi) is 3.89. The van der Waals surface area contributed by atoms with Crippen molar-refractivity contribution in [2.24, 2.45) is 0 Å². The zero-order chi connectivity index (χ0) is 15.7. The molecule has 1 atom stereocenters. The molecule has 3 rings (SSSR count). The van der Waals surface area contributed by atoms with Gasteiger partial charge in [-0.05, 0) is 24.6 Å². The number of rotatable bonds is 4. The molecule has 0 aliphatic carbocycles. The third kappa shape index (κ3) is 2.59. The van der Waals surface area contributed by atoms with Gasteiger partial charge in [-0.1, -0.05) is 17.4 Å². The van der Waals surface area contributed by atoms with E-state index in [1.165, 1.54) is 7.11 Å². The lowest BCUT2D eigenvalue weighted by Crippen LogP contribution is -2.22. The number of nitrogens with zero attached hydrogens (tertiary/aromatic N) is 1. The van der Waals surface area contributed by atoms with Crippen LogP contribution in [0.2, 0.25) is 0 Å². The van der Waals surface area contributed by atoms with Crippen molar-refractivity contribution in [1.29, 1.82) is 0 Å². The quantitative estimate of drug-likeness (QED) is 0.807. The van der Waals surface area contributed by atoms with E-state index in [4.69, 9.17) is 4.74 Å². The van der Waals surface area contributed by atoms with Gasteiger partial charge in [-0.2, -0.15) is 0 Å². The second-order valence-corrected chi connectivity index (χ2v) is 6.03. The maximum absolute atomic E-state index is 12.0. The van der Waals surface area contributed by atoms with Gasteiger partial charge in [-0.3, -0.25) is 4.79 Å². The number of carbonyl (C=O) groups excluding carboxylic acids is 1. The Bertz CT molecular complexity index is 714. The number of ether oxygens (including phenoxy) is 1. The van der Waals surface area contributed by atoms with Crippen LogP contribution in [0.1, 0.15) is 29.7 Å². The maximum atomic E-state index is 12.0.